The first kappa shape index (κ1) is 17.6. The number of rotatable bonds is 4. The van der Waals surface area contributed by atoms with Gasteiger partial charge in [-0.1, -0.05) is 13.0 Å². The standard InChI is InChI=1S/C15H19F3N2O3/c1-2-10-3-4-13(21)11(7-10)19-14(22)12-8-23-6-5-20(12)9-15(16,17)18/h3-4,7,12,21H,2,5-6,8-9H2,1H3,(H,19,22)/t12-/m0/s1. The van der Waals surface area contributed by atoms with Gasteiger partial charge in [-0.2, -0.15) is 13.2 Å². The average Bonchev–Trinajstić information content (AvgIpc) is 2.48. The number of carbonyl (C=O) groups excluding carboxylic acids is 1. The van der Waals surface area contributed by atoms with Gasteiger partial charge in [0.15, 0.2) is 0 Å². The summed E-state index contributed by atoms with van der Waals surface area (Å²) >= 11 is 0. The van der Waals surface area contributed by atoms with E-state index in [1.165, 1.54) is 6.07 Å². The van der Waals surface area contributed by atoms with Gasteiger partial charge >= 0.3 is 6.18 Å². The zero-order valence-electron chi connectivity index (χ0n) is 12.7. The molecule has 0 unspecified atom stereocenters. The lowest BCUT2D eigenvalue weighted by Gasteiger charge is -2.34. The predicted octanol–water partition coefficient (Wildman–Crippen LogP) is 2.16. The molecule has 5 nitrogen and oxygen atoms in total. The maximum Gasteiger partial charge on any atom is 0.401 e. The third-order valence-corrected chi connectivity index (χ3v) is 3.65. The van der Waals surface area contributed by atoms with Crippen molar-refractivity contribution in [2.75, 3.05) is 31.6 Å². The van der Waals surface area contributed by atoms with Crippen molar-refractivity contribution < 1.29 is 27.8 Å². The van der Waals surface area contributed by atoms with Crippen LogP contribution in [-0.2, 0) is 16.0 Å². The van der Waals surface area contributed by atoms with E-state index >= 15 is 0 Å². The number of benzene rings is 1. The van der Waals surface area contributed by atoms with Gasteiger partial charge in [0.1, 0.15) is 11.8 Å². The number of halogens is 3. The lowest BCUT2D eigenvalue weighted by molar-refractivity contribution is -0.165. The van der Waals surface area contributed by atoms with Crippen LogP contribution < -0.4 is 5.32 Å². The minimum Gasteiger partial charge on any atom is -0.506 e. The van der Waals surface area contributed by atoms with Crippen LogP contribution in [-0.4, -0.2) is 54.4 Å². The second-order valence-corrected chi connectivity index (χ2v) is 5.37. The van der Waals surface area contributed by atoms with Crippen molar-refractivity contribution in [3.05, 3.63) is 23.8 Å². The number of alkyl halides is 3. The number of aryl methyl sites for hydroxylation is 1. The Hall–Kier alpha value is -1.80. The smallest absolute Gasteiger partial charge is 0.401 e. The van der Waals surface area contributed by atoms with Crippen molar-refractivity contribution in [3.63, 3.8) is 0 Å². The van der Waals surface area contributed by atoms with Crippen LogP contribution in [0, 0.1) is 0 Å². The van der Waals surface area contributed by atoms with E-state index in [0.717, 1.165) is 10.5 Å². The van der Waals surface area contributed by atoms with E-state index in [2.05, 4.69) is 5.32 Å². The molecule has 1 aliphatic heterocycles. The highest BCUT2D eigenvalue weighted by molar-refractivity contribution is 5.96. The van der Waals surface area contributed by atoms with Crippen LogP contribution in [0.15, 0.2) is 18.2 Å². The molecular weight excluding hydrogens is 313 g/mol. The largest absolute Gasteiger partial charge is 0.506 e. The topological polar surface area (TPSA) is 61.8 Å². The molecule has 0 saturated carbocycles. The van der Waals surface area contributed by atoms with E-state index in [9.17, 15) is 23.1 Å². The zero-order chi connectivity index (χ0) is 17.0. The molecule has 0 aromatic heterocycles. The van der Waals surface area contributed by atoms with Gasteiger partial charge < -0.3 is 15.2 Å². The summed E-state index contributed by atoms with van der Waals surface area (Å²) in [4.78, 5) is 13.3. The van der Waals surface area contributed by atoms with Gasteiger partial charge in [0.2, 0.25) is 5.91 Å². The average molecular weight is 332 g/mol. The second-order valence-electron chi connectivity index (χ2n) is 5.37. The fourth-order valence-corrected chi connectivity index (χ4v) is 2.42. The third kappa shape index (κ3) is 4.84. The molecule has 1 atom stereocenters. The van der Waals surface area contributed by atoms with Crippen LogP contribution in [0.1, 0.15) is 12.5 Å². The summed E-state index contributed by atoms with van der Waals surface area (Å²) in [5.74, 6) is -0.757. The number of phenols is 1. The van der Waals surface area contributed by atoms with Crippen molar-refractivity contribution >= 4 is 11.6 Å². The number of nitrogens with one attached hydrogen (secondary N) is 1. The Morgan fingerprint density at radius 2 is 2.22 bits per heavy atom. The maximum atomic E-state index is 12.6. The number of ether oxygens (including phenoxy) is 1. The molecular formula is C15H19F3N2O3. The molecule has 1 saturated heterocycles. The number of hydrogen-bond donors (Lipinski definition) is 2. The van der Waals surface area contributed by atoms with Crippen LogP contribution in [0.5, 0.6) is 5.75 Å². The van der Waals surface area contributed by atoms with E-state index in [4.69, 9.17) is 4.74 Å². The highest BCUT2D eigenvalue weighted by atomic mass is 19.4. The fraction of sp³-hybridized carbons (Fsp3) is 0.533. The minimum absolute atomic E-state index is 0.0264. The summed E-state index contributed by atoms with van der Waals surface area (Å²) in [5.41, 5.74) is 1.08. The molecule has 1 aliphatic rings. The third-order valence-electron chi connectivity index (χ3n) is 3.65. The number of anilines is 1. The van der Waals surface area contributed by atoms with Crippen molar-refractivity contribution in [2.24, 2.45) is 0 Å². The molecule has 2 N–H and O–H groups in total. The Morgan fingerprint density at radius 1 is 1.48 bits per heavy atom. The number of morpholine rings is 1. The molecule has 0 spiro atoms. The number of amides is 1. The van der Waals surface area contributed by atoms with E-state index in [1.54, 1.807) is 12.1 Å². The normalized spacial score (nSPS) is 19.6. The zero-order valence-corrected chi connectivity index (χ0v) is 12.7. The summed E-state index contributed by atoms with van der Waals surface area (Å²) in [6, 6.07) is 3.71. The molecule has 128 valence electrons. The molecule has 8 heteroatoms. The number of aromatic hydroxyl groups is 1. The van der Waals surface area contributed by atoms with Gasteiger partial charge in [0.25, 0.3) is 0 Å². The molecule has 23 heavy (non-hydrogen) atoms. The quantitative estimate of drug-likeness (QED) is 0.830. The summed E-state index contributed by atoms with van der Waals surface area (Å²) in [7, 11) is 0. The monoisotopic (exact) mass is 332 g/mol. The van der Waals surface area contributed by atoms with Crippen LogP contribution >= 0.6 is 0 Å². The van der Waals surface area contributed by atoms with Gasteiger partial charge in [0, 0.05) is 6.54 Å². The van der Waals surface area contributed by atoms with Gasteiger partial charge in [-0.05, 0) is 24.1 Å². The molecule has 0 aliphatic carbocycles. The number of nitrogens with zero attached hydrogens (tertiary/aromatic N) is 1. The lowest BCUT2D eigenvalue weighted by atomic mass is 10.1. The van der Waals surface area contributed by atoms with Gasteiger partial charge in [-0.3, -0.25) is 9.69 Å². The fourth-order valence-electron chi connectivity index (χ4n) is 2.42. The second kappa shape index (κ2) is 7.18. The van der Waals surface area contributed by atoms with E-state index < -0.39 is 24.7 Å². The Kier molecular flexibility index (Phi) is 5.48. The Bertz CT molecular complexity index is 563. The predicted molar refractivity (Wildman–Crippen MR) is 78.3 cm³/mol. The van der Waals surface area contributed by atoms with Gasteiger partial charge in [-0.25, -0.2) is 0 Å². The Morgan fingerprint density at radius 3 is 2.87 bits per heavy atom. The Labute approximate surface area is 132 Å². The molecule has 0 radical (unpaired) electrons. The number of carbonyl (C=O) groups is 1. The maximum absolute atomic E-state index is 12.6. The number of hydrogen-bond acceptors (Lipinski definition) is 4. The molecule has 1 aromatic rings. The number of phenolic OH excluding ortho intramolecular Hbond substituents is 1. The molecule has 1 amide bonds. The first-order valence-electron chi connectivity index (χ1n) is 7.31. The van der Waals surface area contributed by atoms with Crippen LogP contribution in [0.3, 0.4) is 0 Å². The van der Waals surface area contributed by atoms with Gasteiger partial charge in [-0.15, -0.1) is 0 Å². The summed E-state index contributed by atoms with van der Waals surface area (Å²) in [5, 5.41) is 12.3. The molecule has 2 rings (SSSR count). The van der Waals surface area contributed by atoms with E-state index in [-0.39, 0.29) is 31.2 Å². The van der Waals surface area contributed by atoms with Gasteiger partial charge in [0.05, 0.1) is 25.4 Å². The summed E-state index contributed by atoms with van der Waals surface area (Å²) < 4.78 is 43.0. The van der Waals surface area contributed by atoms with Crippen molar-refractivity contribution in [1.82, 2.24) is 4.90 Å². The van der Waals surface area contributed by atoms with E-state index in [0.29, 0.717) is 6.42 Å². The SMILES string of the molecule is CCc1ccc(O)c(NC(=O)[C@@H]2COCCN2CC(F)(F)F)c1. The summed E-state index contributed by atoms with van der Waals surface area (Å²) in [6.07, 6.45) is -3.68. The minimum atomic E-state index is -4.39. The first-order chi connectivity index (χ1) is 10.8. The van der Waals surface area contributed by atoms with Crippen molar-refractivity contribution in [2.45, 2.75) is 25.6 Å². The highest BCUT2D eigenvalue weighted by Gasteiger charge is 2.38. The van der Waals surface area contributed by atoms with Crippen LogP contribution in [0.2, 0.25) is 0 Å². The summed E-state index contributed by atoms with van der Waals surface area (Å²) in [6.45, 7) is 0.804. The lowest BCUT2D eigenvalue weighted by Crippen LogP contribution is -2.54. The Balaban J connectivity index is 2.11. The molecule has 1 fully saturated rings. The molecule has 1 heterocycles. The van der Waals surface area contributed by atoms with Crippen molar-refractivity contribution in [3.8, 4) is 5.75 Å². The molecule has 1 aromatic carbocycles. The van der Waals surface area contributed by atoms with Crippen molar-refractivity contribution in [1.29, 1.82) is 0 Å². The highest BCUT2D eigenvalue weighted by Crippen LogP contribution is 2.26. The van der Waals surface area contributed by atoms with E-state index in [1.807, 2.05) is 6.92 Å². The first-order valence-corrected chi connectivity index (χ1v) is 7.31. The molecule has 0 bridgehead atoms. The van der Waals surface area contributed by atoms with Crippen LogP contribution in [0.4, 0.5) is 18.9 Å². The van der Waals surface area contributed by atoms with Crippen LogP contribution in [0.25, 0.3) is 0 Å².